The Bertz CT molecular complexity index is 1320. The second-order valence-corrected chi connectivity index (χ2v) is 7.88. The zero-order chi connectivity index (χ0) is 23.0. The number of ether oxygens (including phenoxy) is 2. The monoisotopic (exact) mass is 502 g/mol. The topological polar surface area (TPSA) is 77.0 Å². The highest BCUT2D eigenvalue weighted by atomic mass is 79.9. The summed E-state index contributed by atoms with van der Waals surface area (Å²) >= 11 is 3.33. The molecule has 164 valence electrons. The number of amides is 1. The molecule has 0 saturated heterocycles. The number of hydrazone groups is 1. The van der Waals surface area contributed by atoms with E-state index in [9.17, 15) is 9.59 Å². The van der Waals surface area contributed by atoms with Gasteiger partial charge >= 0.3 is 5.97 Å². The fourth-order valence-corrected chi connectivity index (χ4v) is 3.47. The Morgan fingerprint density at radius 3 is 2.33 bits per heavy atom. The average molecular weight is 503 g/mol. The highest BCUT2D eigenvalue weighted by molar-refractivity contribution is 9.10. The van der Waals surface area contributed by atoms with Crippen LogP contribution >= 0.6 is 15.9 Å². The van der Waals surface area contributed by atoms with Crippen molar-refractivity contribution >= 4 is 44.8 Å². The molecule has 4 rings (SSSR count). The number of fused-ring (bicyclic) bond motifs is 1. The molecule has 0 unspecified atom stereocenters. The molecule has 1 amide bonds. The van der Waals surface area contributed by atoms with Crippen LogP contribution in [-0.2, 0) is 4.79 Å². The second-order valence-electron chi connectivity index (χ2n) is 7.03. The van der Waals surface area contributed by atoms with Crippen LogP contribution in [0.15, 0.2) is 101 Å². The predicted octanol–water partition coefficient (Wildman–Crippen LogP) is 5.35. The van der Waals surface area contributed by atoms with E-state index < -0.39 is 5.97 Å². The lowest BCUT2D eigenvalue weighted by Crippen LogP contribution is -2.24. The number of rotatable bonds is 7. The van der Waals surface area contributed by atoms with Gasteiger partial charge in [0.2, 0.25) is 0 Å². The van der Waals surface area contributed by atoms with E-state index >= 15 is 0 Å². The summed E-state index contributed by atoms with van der Waals surface area (Å²) in [7, 11) is 0. The van der Waals surface area contributed by atoms with Gasteiger partial charge in [0.05, 0.1) is 11.8 Å². The van der Waals surface area contributed by atoms with Crippen LogP contribution < -0.4 is 14.9 Å². The number of halogens is 1. The SMILES string of the molecule is O=C(COc1ccc2ccccc2c1)N/N=C/c1ccc(OC(=O)c2ccccc2Br)cc1. The molecule has 4 aromatic rings. The van der Waals surface area contributed by atoms with Crippen molar-refractivity contribution in [1.29, 1.82) is 0 Å². The van der Waals surface area contributed by atoms with Crippen molar-refractivity contribution in [3.8, 4) is 11.5 Å². The van der Waals surface area contributed by atoms with E-state index in [0.717, 1.165) is 16.3 Å². The van der Waals surface area contributed by atoms with Gasteiger partial charge in [0.25, 0.3) is 5.91 Å². The van der Waals surface area contributed by atoms with Crippen molar-refractivity contribution in [2.24, 2.45) is 5.10 Å². The van der Waals surface area contributed by atoms with Crippen LogP contribution in [-0.4, -0.2) is 24.7 Å². The summed E-state index contributed by atoms with van der Waals surface area (Å²) in [5.74, 6) is 0.183. The van der Waals surface area contributed by atoms with Gasteiger partial charge in [0.1, 0.15) is 11.5 Å². The molecule has 4 aromatic carbocycles. The quantitative estimate of drug-likeness (QED) is 0.160. The molecule has 0 fully saturated rings. The normalized spacial score (nSPS) is 10.8. The predicted molar refractivity (Wildman–Crippen MR) is 131 cm³/mol. The van der Waals surface area contributed by atoms with E-state index in [2.05, 4.69) is 26.5 Å². The molecule has 0 heterocycles. The molecule has 0 radical (unpaired) electrons. The number of benzene rings is 4. The number of carbonyl (C=O) groups excluding carboxylic acids is 2. The second kappa shape index (κ2) is 10.6. The Kier molecular flexibility index (Phi) is 7.12. The van der Waals surface area contributed by atoms with E-state index in [4.69, 9.17) is 9.47 Å². The van der Waals surface area contributed by atoms with Gasteiger partial charge in [-0.15, -0.1) is 0 Å². The average Bonchev–Trinajstić information content (AvgIpc) is 2.84. The van der Waals surface area contributed by atoms with E-state index in [1.165, 1.54) is 6.21 Å². The van der Waals surface area contributed by atoms with E-state index in [-0.39, 0.29) is 12.5 Å². The summed E-state index contributed by atoms with van der Waals surface area (Å²) in [5, 5.41) is 6.08. The summed E-state index contributed by atoms with van der Waals surface area (Å²) in [6.45, 7) is -0.153. The Morgan fingerprint density at radius 2 is 1.55 bits per heavy atom. The number of esters is 1. The van der Waals surface area contributed by atoms with Crippen molar-refractivity contribution in [2.75, 3.05) is 6.61 Å². The van der Waals surface area contributed by atoms with Gasteiger partial charge in [-0.25, -0.2) is 10.2 Å². The molecule has 0 aliphatic carbocycles. The zero-order valence-corrected chi connectivity index (χ0v) is 19.0. The summed E-state index contributed by atoms with van der Waals surface area (Å²) in [6.07, 6.45) is 1.49. The smallest absolute Gasteiger partial charge is 0.344 e. The van der Waals surface area contributed by atoms with Crippen LogP contribution in [0, 0.1) is 0 Å². The molecule has 1 N–H and O–H groups in total. The van der Waals surface area contributed by atoms with Crippen LogP contribution in [0.25, 0.3) is 10.8 Å². The van der Waals surface area contributed by atoms with Gasteiger partial charge in [-0.05, 0) is 80.8 Å². The van der Waals surface area contributed by atoms with Gasteiger partial charge in [-0.3, -0.25) is 4.79 Å². The van der Waals surface area contributed by atoms with Crippen molar-refractivity contribution < 1.29 is 19.1 Å². The highest BCUT2D eigenvalue weighted by Crippen LogP contribution is 2.21. The first kappa shape index (κ1) is 22.2. The standard InChI is InChI=1S/C26H19BrN2O4/c27-24-8-4-3-7-23(24)26(31)33-21-12-9-18(10-13-21)16-28-29-25(30)17-32-22-14-11-19-5-1-2-6-20(19)15-22/h1-16H,17H2,(H,29,30)/b28-16+. The summed E-state index contributed by atoms with van der Waals surface area (Å²) in [6, 6.07) is 27.4. The van der Waals surface area contributed by atoms with Crippen LogP contribution in [0.3, 0.4) is 0 Å². The molecule has 0 aliphatic heterocycles. The zero-order valence-electron chi connectivity index (χ0n) is 17.4. The minimum atomic E-state index is -0.456. The van der Waals surface area contributed by atoms with E-state index in [0.29, 0.717) is 21.5 Å². The molecular formula is C26H19BrN2O4. The fourth-order valence-electron chi connectivity index (χ4n) is 3.03. The maximum atomic E-state index is 12.3. The molecule has 33 heavy (non-hydrogen) atoms. The Morgan fingerprint density at radius 1 is 0.848 bits per heavy atom. The molecule has 0 spiro atoms. The lowest BCUT2D eigenvalue weighted by atomic mass is 10.1. The fraction of sp³-hybridized carbons (Fsp3) is 0.0385. The van der Waals surface area contributed by atoms with E-state index in [1.54, 1.807) is 42.5 Å². The number of carbonyl (C=O) groups is 2. The highest BCUT2D eigenvalue weighted by Gasteiger charge is 2.11. The third-order valence-electron chi connectivity index (χ3n) is 4.68. The number of nitrogens with zero attached hydrogens (tertiary/aromatic N) is 1. The van der Waals surface area contributed by atoms with Crippen LogP contribution in [0.1, 0.15) is 15.9 Å². The Labute approximate surface area is 199 Å². The van der Waals surface area contributed by atoms with Crippen molar-refractivity contribution in [2.45, 2.75) is 0 Å². The maximum Gasteiger partial charge on any atom is 0.344 e. The lowest BCUT2D eigenvalue weighted by molar-refractivity contribution is -0.123. The third kappa shape index (κ3) is 6.05. The molecule has 6 nitrogen and oxygen atoms in total. The number of hydrogen-bond donors (Lipinski definition) is 1. The Hall–Kier alpha value is -3.97. The largest absolute Gasteiger partial charge is 0.484 e. The molecule has 7 heteroatoms. The van der Waals surface area contributed by atoms with Gasteiger partial charge < -0.3 is 9.47 Å². The molecule has 0 aromatic heterocycles. The summed E-state index contributed by atoms with van der Waals surface area (Å²) in [5.41, 5.74) is 3.60. The molecular weight excluding hydrogens is 484 g/mol. The molecule has 0 atom stereocenters. The first-order chi connectivity index (χ1) is 16.1. The van der Waals surface area contributed by atoms with Gasteiger partial charge in [-0.1, -0.05) is 42.5 Å². The lowest BCUT2D eigenvalue weighted by Gasteiger charge is -2.06. The number of hydrogen-bond acceptors (Lipinski definition) is 5. The molecule has 0 bridgehead atoms. The minimum Gasteiger partial charge on any atom is -0.484 e. The summed E-state index contributed by atoms with van der Waals surface area (Å²) in [4.78, 5) is 24.3. The van der Waals surface area contributed by atoms with Gasteiger partial charge in [0.15, 0.2) is 6.61 Å². The minimum absolute atomic E-state index is 0.153. The third-order valence-corrected chi connectivity index (χ3v) is 5.37. The molecule has 0 saturated carbocycles. The van der Waals surface area contributed by atoms with Crippen molar-refractivity contribution in [3.05, 3.63) is 107 Å². The van der Waals surface area contributed by atoms with Crippen molar-refractivity contribution in [3.63, 3.8) is 0 Å². The van der Waals surface area contributed by atoms with Crippen LogP contribution in [0.2, 0.25) is 0 Å². The summed E-state index contributed by atoms with van der Waals surface area (Å²) < 4.78 is 11.6. The van der Waals surface area contributed by atoms with Gasteiger partial charge in [-0.2, -0.15) is 5.10 Å². The Balaban J connectivity index is 1.26. The van der Waals surface area contributed by atoms with Crippen LogP contribution in [0.4, 0.5) is 0 Å². The van der Waals surface area contributed by atoms with Crippen molar-refractivity contribution in [1.82, 2.24) is 5.43 Å². The first-order valence-electron chi connectivity index (χ1n) is 10.1. The van der Waals surface area contributed by atoms with Crippen LogP contribution in [0.5, 0.6) is 11.5 Å². The molecule has 0 aliphatic rings. The first-order valence-corrected chi connectivity index (χ1v) is 10.9. The van der Waals surface area contributed by atoms with E-state index in [1.807, 2.05) is 48.5 Å². The number of nitrogens with one attached hydrogen (secondary N) is 1. The maximum absolute atomic E-state index is 12.3. The van der Waals surface area contributed by atoms with Gasteiger partial charge in [0, 0.05) is 4.47 Å².